The van der Waals surface area contributed by atoms with E-state index >= 15 is 0 Å². The maximum absolute atomic E-state index is 11.7. The Hall–Kier alpha value is -1.71. The molecule has 1 N–H and O–H groups in total. The maximum atomic E-state index is 11.7. The highest BCUT2D eigenvalue weighted by Gasteiger charge is 2.23. The smallest absolute Gasteiger partial charge is 0.409 e. The number of amides is 1. The van der Waals surface area contributed by atoms with Crippen LogP contribution in [0.15, 0.2) is 24.3 Å². The summed E-state index contributed by atoms with van der Waals surface area (Å²) >= 11 is 0. The number of nitrogens with zero attached hydrogens (tertiary/aromatic N) is 1. The zero-order chi connectivity index (χ0) is 15.2. The first kappa shape index (κ1) is 15.7. The SMILES string of the molecule is CCOC(=O)N1CCC(Nc2ccccc2C(C)C)CC1. The summed E-state index contributed by atoms with van der Waals surface area (Å²) < 4.78 is 5.05. The number of carbonyl (C=O) groups is 1. The van der Waals surface area contributed by atoms with E-state index in [0.717, 1.165) is 25.9 Å². The number of piperidine rings is 1. The molecule has 116 valence electrons. The summed E-state index contributed by atoms with van der Waals surface area (Å²) in [4.78, 5) is 13.5. The van der Waals surface area contributed by atoms with Gasteiger partial charge in [-0.2, -0.15) is 0 Å². The highest BCUT2D eigenvalue weighted by atomic mass is 16.6. The van der Waals surface area contributed by atoms with Crippen molar-refractivity contribution in [2.75, 3.05) is 25.0 Å². The highest BCUT2D eigenvalue weighted by molar-refractivity contribution is 5.67. The fourth-order valence-corrected chi connectivity index (χ4v) is 2.77. The first-order valence-corrected chi connectivity index (χ1v) is 7.89. The number of likely N-dealkylation sites (tertiary alicyclic amines) is 1. The van der Waals surface area contributed by atoms with Crippen LogP contribution in [0.4, 0.5) is 10.5 Å². The Labute approximate surface area is 127 Å². The third-order valence-electron chi connectivity index (χ3n) is 3.96. The van der Waals surface area contributed by atoms with Crippen LogP contribution in [0.5, 0.6) is 0 Å². The Morgan fingerprint density at radius 2 is 2.00 bits per heavy atom. The second kappa shape index (κ2) is 7.34. The van der Waals surface area contributed by atoms with Crippen molar-refractivity contribution in [3.63, 3.8) is 0 Å². The fraction of sp³-hybridized carbons (Fsp3) is 0.588. The molecule has 21 heavy (non-hydrogen) atoms. The van der Waals surface area contributed by atoms with Crippen LogP contribution in [0.3, 0.4) is 0 Å². The summed E-state index contributed by atoms with van der Waals surface area (Å²) in [5.41, 5.74) is 2.58. The number of ether oxygens (including phenoxy) is 1. The quantitative estimate of drug-likeness (QED) is 0.916. The molecule has 0 unspecified atom stereocenters. The average molecular weight is 290 g/mol. The summed E-state index contributed by atoms with van der Waals surface area (Å²) in [5, 5.41) is 3.64. The Kier molecular flexibility index (Phi) is 5.48. The van der Waals surface area contributed by atoms with Gasteiger partial charge < -0.3 is 15.0 Å². The molecule has 1 heterocycles. The molecule has 0 aliphatic carbocycles. The minimum atomic E-state index is -0.182. The Morgan fingerprint density at radius 1 is 1.33 bits per heavy atom. The van der Waals surface area contributed by atoms with E-state index in [2.05, 4.69) is 43.4 Å². The number of carbonyl (C=O) groups excluding carboxylic acids is 1. The van der Waals surface area contributed by atoms with Gasteiger partial charge in [0.05, 0.1) is 6.61 Å². The van der Waals surface area contributed by atoms with Crippen molar-refractivity contribution >= 4 is 11.8 Å². The van der Waals surface area contributed by atoms with E-state index in [4.69, 9.17) is 4.74 Å². The van der Waals surface area contributed by atoms with Crippen LogP contribution < -0.4 is 5.32 Å². The van der Waals surface area contributed by atoms with Gasteiger partial charge in [0.25, 0.3) is 0 Å². The molecule has 2 rings (SSSR count). The van der Waals surface area contributed by atoms with E-state index in [-0.39, 0.29) is 6.09 Å². The summed E-state index contributed by atoms with van der Waals surface area (Å²) in [5.74, 6) is 0.508. The number of nitrogens with one attached hydrogen (secondary N) is 1. The molecule has 1 saturated heterocycles. The van der Waals surface area contributed by atoms with Gasteiger partial charge in [0.1, 0.15) is 0 Å². The van der Waals surface area contributed by atoms with Crippen LogP contribution >= 0.6 is 0 Å². The van der Waals surface area contributed by atoms with Gasteiger partial charge in [0, 0.05) is 24.8 Å². The van der Waals surface area contributed by atoms with E-state index in [0.29, 0.717) is 18.6 Å². The third kappa shape index (κ3) is 4.13. The molecule has 0 aromatic heterocycles. The molecule has 0 saturated carbocycles. The van der Waals surface area contributed by atoms with Crippen LogP contribution in [0, 0.1) is 0 Å². The van der Waals surface area contributed by atoms with Crippen LogP contribution in [0.2, 0.25) is 0 Å². The topological polar surface area (TPSA) is 41.6 Å². The number of benzene rings is 1. The van der Waals surface area contributed by atoms with Gasteiger partial charge in [0.15, 0.2) is 0 Å². The maximum Gasteiger partial charge on any atom is 0.409 e. The van der Waals surface area contributed by atoms with Crippen molar-refractivity contribution in [2.24, 2.45) is 0 Å². The molecular weight excluding hydrogens is 264 g/mol. The highest BCUT2D eigenvalue weighted by Crippen LogP contribution is 2.26. The van der Waals surface area contributed by atoms with Gasteiger partial charge in [-0.3, -0.25) is 0 Å². The van der Waals surface area contributed by atoms with Gasteiger partial charge in [0.2, 0.25) is 0 Å². The number of hydrogen-bond acceptors (Lipinski definition) is 3. The molecule has 1 aliphatic heterocycles. The molecule has 0 bridgehead atoms. The lowest BCUT2D eigenvalue weighted by Crippen LogP contribution is -2.42. The van der Waals surface area contributed by atoms with Gasteiger partial charge >= 0.3 is 6.09 Å². The molecular formula is C17H26N2O2. The van der Waals surface area contributed by atoms with E-state index in [1.165, 1.54) is 11.3 Å². The summed E-state index contributed by atoms with van der Waals surface area (Å²) in [6.45, 7) is 8.24. The van der Waals surface area contributed by atoms with Crippen molar-refractivity contribution in [2.45, 2.75) is 45.6 Å². The number of anilines is 1. The predicted molar refractivity (Wildman–Crippen MR) is 85.8 cm³/mol. The molecule has 1 aliphatic rings. The van der Waals surface area contributed by atoms with Gasteiger partial charge in [-0.1, -0.05) is 32.0 Å². The van der Waals surface area contributed by atoms with Gasteiger partial charge in [-0.25, -0.2) is 4.79 Å². The van der Waals surface area contributed by atoms with Crippen LogP contribution in [-0.2, 0) is 4.74 Å². The van der Waals surface area contributed by atoms with E-state index in [1.807, 2.05) is 6.92 Å². The lowest BCUT2D eigenvalue weighted by Gasteiger charge is -2.32. The van der Waals surface area contributed by atoms with Crippen molar-refractivity contribution < 1.29 is 9.53 Å². The molecule has 4 heteroatoms. The monoisotopic (exact) mass is 290 g/mol. The Bertz CT molecular complexity index is 466. The lowest BCUT2D eigenvalue weighted by atomic mass is 9.99. The number of rotatable bonds is 4. The van der Waals surface area contributed by atoms with Gasteiger partial charge in [-0.05, 0) is 37.3 Å². The second-order valence-electron chi connectivity index (χ2n) is 5.85. The second-order valence-corrected chi connectivity index (χ2v) is 5.85. The summed E-state index contributed by atoms with van der Waals surface area (Å²) in [6, 6.07) is 8.91. The van der Waals surface area contributed by atoms with E-state index < -0.39 is 0 Å². The molecule has 1 aromatic rings. The minimum Gasteiger partial charge on any atom is -0.450 e. The first-order chi connectivity index (χ1) is 10.1. The molecule has 0 radical (unpaired) electrons. The van der Waals surface area contributed by atoms with Crippen molar-refractivity contribution in [3.8, 4) is 0 Å². The standard InChI is InChI=1S/C17H26N2O2/c1-4-21-17(20)19-11-9-14(10-12-19)18-16-8-6-5-7-15(16)13(2)3/h5-8,13-14,18H,4,9-12H2,1-3H3. The molecule has 1 amide bonds. The van der Waals surface area contributed by atoms with Gasteiger partial charge in [-0.15, -0.1) is 0 Å². The lowest BCUT2D eigenvalue weighted by molar-refractivity contribution is 0.0983. The van der Waals surface area contributed by atoms with Crippen molar-refractivity contribution in [1.29, 1.82) is 0 Å². The van der Waals surface area contributed by atoms with Crippen molar-refractivity contribution in [1.82, 2.24) is 4.90 Å². The average Bonchev–Trinajstić information content (AvgIpc) is 2.48. The van der Waals surface area contributed by atoms with Crippen LogP contribution in [-0.4, -0.2) is 36.7 Å². The largest absolute Gasteiger partial charge is 0.450 e. The number of hydrogen-bond donors (Lipinski definition) is 1. The van der Waals surface area contributed by atoms with E-state index in [9.17, 15) is 4.79 Å². The van der Waals surface area contributed by atoms with Crippen LogP contribution in [0.1, 0.15) is 45.1 Å². The first-order valence-electron chi connectivity index (χ1n) is 7.89. The Morgan fingerprint density at radius 3 is 2.62 bits per heavy atom. The fourth-order valence-electron chi connectivity index (χ4n) is 2.77. The molecule has 0 atom stereocenters. The molecule has 0 spiro atoms. The molecule has 1 aromatic carbocycles. The molecule has 4 nitrogen and oxygen atoms in total. The predicted octanol–water partition coefficient (Wildman–Crippen LogP) is 3.84. The third-order valence-corrected chi connectivity index (χ3v) is 3.96. The van der Waals surface area contributed by atoms with Crippen LogP contribution in [0.25, 0.3) is 0 Å². The Balaban J connectivity index is 1.91. The van der Waals surface area contributed by atoms with E-state index in [1.54, 1.807) is 4.90 Å². The normalized spacial score (nSPS) is 16.1. The molecule has 1 fully saturated rings. The summed E-state index contributed by atoms with van der Waals surface area (Å²) in [6.07, 6.45) is 1.75. The zero-order valence-electron chi connectivity index (χ0n) is 13.3. The summed E-state index contributed by atoms with van der Waals surface area (Å²) in [7, 11) is 0. The minimum absolute atomic E-state index is 0.182. The van der Waals surface area contributed by atoms with Crippen molar-refractivity contribution in [3.05, 3.63) is 29.8 Å². The number of para-hydroxylation sites is 1. The zero-order valence-corrected chi connectivity index (χ0v) is 13.3.